The molecule has 1 heterocycles. The summed E-state index contributed by atoms with van der Waals surface area (Å²) in [7, 11) is 0. The van der Waals surface area contributed by atoms with Crippen molar-refractivity contribution >= 4 is 23.5 Å². The number of halogens is 1. The number of nitrogens with two attached hydrogens (primary N) is 1. The molecule has 1 aliphatic rings. The van der Waals surface area contributed by atoms with Gasteiger partial charge in [-0.3, -0.25) is 0 Å². The Balaban J connectivity index is 2.18. The Morgan fingerprint density at radius 3 is 2.78 bits per heavy atom. The molecule has 0 amide bonds. The van der Waals surface area contributed by atoms with Crippen LogP contribution in [0.25, 0.3) is 0 Å². The SMILES string of the molecule is CCC1SCCSC1C(N)c1ccc(C)c(F)c1. The predicted octanol–water partition coefficient (Wildman–Crippen LogP) is 3.76. The van der Waals surface area contributed by atoms with Crippen LogP contribution < -0.4 is 5.73 Å². The fourth-order valence-corrected chi connectivity index (χ4v) is 5.46. The van der Waals surface area contributed by atoms with Gasteiger partial charge in [0.1, 0.15) is 5.82 Å². The van der Waals surface area contributed by atoms with Crippen LogP contribution in [-0.2, 0) is 0 Å². The average molecular weight is 285 g/mol. The van der Waals surface area contributed by atoms with Crippen molar-refractivity contribution in [3.63, 3.8) is 0 Å². The van der Waals surface area contributed by atoms with E-state index in [-0.39, 0.29) is 11.9 Å². The number of aryl methyl sites for hydroxylation is 1. The van der Waals surface area contributed by atoms with Gasteiger partial charge in [-0.25, -0.2) is 4.39 Å². The number of thioether (sulfide) groups is 2. The maximum atomic E-state index is 13.6. The van der Waals surface area contributed by atoms with Crippen LogP contribution in [0.5, 0.6) is 0 Å². The van der Waals surface area contributed by atoms with Crippen LogP contribution in [-0.4, -0.2) is 22.0 Å². The van der Waals surface area contributed by atoms with E-state index in [9.17, 15) is 4.39 Å². The van der Waals surface area contributed by atoms with Crippen molar-refractivity contribution < 1.29 is 4.39 Å². The van der Waals surface area contributed by atoms with E-state index in [1.54, 1.807) is 13.0 Å². The Morgan fingerprint density at radius 2 is 2.11 bits per heavy atom. The molecule has 0 aromatic heterocycles. The largest absolute Gasteiger partial charge is 0.323 e. The molecule has 1 aliphatic heterocycles. The molecule has 2 N–H and O–H groups in total. The minimum Gasteiger partial charge on any atom is -0.323 e. The number of benzene rings is 1. The summed E-state index contributed by atoms with van der Waals surface area (Å²) in [5.74, 6) is 2.20. The summed E-state index contributed by atoms with van der Waals surface area (Å²) in [4.78, 5) is 0. The molecule has 0 aliphatic carbocycles. The highest BCUT2D eigenvalue weighted by Crippen LogP contribution is 2.39. The number of hydrogen-bond acceptors (Lipinski definition) is 3. The van der Waals surface area contributed by atoms with Gasteiger partial charge in [-0.05, 0) is 30.5 Å². The van der Waals surface area contributed by atoms with Gasteiger partial charge in [0.25, 0.3) is 0 Å². The highest BCUT2D eigenvalue weighted by molar-refractivity contribution is 8.07. The first-order valence-corrected chi connectivity index (χ1v) is 8.48. The van der Waals surface area contributed by atoms with Gasteiger partial charge in [0.05, 0.1) is 0 Å². The van der Waals surface area contributed by atoms with Crippen molar-refractivity contribution in [2.24, 2.45) is 5.73 Å². The Labute approximate surface area is 117 Å². The molecule has 1 aromatic rings. The monoisotopic (exact) mass is 285 g/mol. The van der Waals surface area contributed by atoms with Crippen LogP contribution in [0.1, 0.15) is 30.5 Å². The third kappa shape index (κ3) is 3.03. The molecule has 1 nitrogen and oxygen atoms in total. The van der Waals surface area contributed by atoms with Crippen molar-refractivity contribution in [1.29, 1.82) is 0 Å². The summed E-state index contributed by atoms with van der Waals surface area (Å²) < 4.78 is 13.6. The lowest BCUT2D eigenvalue weighted by Gasteiger charge is -2.34. The smallest absolute Gasteiger partial charge is 0.126 e. The zero-order valence-corrected chi connectivity index (χ0v) is 12.5. The Morgan fingerprint density at radius 1 is 1.39 bits per heavy atom. The lowest BCUT2D eigenvalue weighted by molar-refractivity contribution is 0.598. The van der Waals surface area contributed by atoms with E-state index in [1.165, 1.54) is 5.75 Å². The van der Waals surface area contributed by atoms with Crippen LogP contribution in [0.15, 0.2) is 18.2 Å². The molecule has 0 spiro atoms. The van der Waals surface area contributed by atoms with Crippen molar-refractivity contribution in [1.82, 2.24) is 0 Å². The Bertz CT molecular complexity index is 411. The molecule has 1 fully saturated rings. The van der Waals surface area contributed by atoms with Gasteiger partial charge in [-0.15, -0.1) is 0 Å². The quantitative estimate of drug-likeness (QED) is 0.915. The van der Waals surface area contributed by atoms with E-state index in [0.29, 0.717) is 16.1 Å². The zero-order chi connectivity index (χ0) is 13.1. The van der Waals surface area contributed by atoms with E-state index < -0.39 is 0 Å². The molecular formula is C14H20FNS2. The maximum absolute atomic E-state index is 13.6. The molecule has 0 bridgehead atoms. The highest BCUT2D eigenvalue weighted by atomic mass is 32.2. The van der Waals surface area contributed by atoms with Crippen LogP contribution in [0.3, 0.4) is 0 Å². The van der Waals surface area contributed by atoms with E-state index >= 15 is 0 Å². The van der Waals surface area contributed by atoms with Crippen molar-refractivity contribution in [3.05, 3.63) is 35.1 Å². The van der Waals surface area contributed by atoms with Gasteiger partial charge in [0, 0.05) is 28.0 Å². The topological polar surface area (TPSA) is 26.0 Å². The van der Waals surface area contributed by atoms with Gasteiger partial charge in [-0.2, -0.15) is 23.5 Å². The fraction of sp³-hybridized carbons (Fsp3) is 0.571. The maximum Gasteiger partial charge on any atom is 0.126 e. The van der Waals surface area contributed by atoms with Gasteiger partial charge in [0.2, 0.25) is 0 Å². The first-order valence-electron chi connectivity index (χ1n) is 6.38. The second-order valence-electron chi connectivity index (χ2n) is 4.69. The van der Waals surface area contributed by atoms with Crippen LogP contribution in [0, 0.1) is 12.7 Å². The number of rotatable bonds is 3. The summed E-state index contributed by atoms with van der Waals surface area (Å²) in [5, 5.41) is 0.985. The standard InChI is InChI=1S/C14H20FNS2/c1-3-12-14(18-7-6-17-12)13(16)10-5-4-9(2)11(15)8-10/h4-5,8,12-14H,3,6-7,16H2,1-2H3. The fourth-order valence-electron chi connectivity index (χ4n) is 2.28. The van der Waals surface area contributed by atoms with Crippen LogP contribution in [0.2, 0.25) is 0 Å². The van der Waals surface area contributed by atoms with E-state index in [1.807, 2.05) is 35.7 Å². The lowest BCUT2D eigenvalue weighted by Crippen LogP contribution is -2.35. The lowest BCUT2D eigenvalue weighted by atomic mass is 10.00. The molecule has 1 saturated heterocycles. The molecule has 0 radical (unpaired) electrons. The molecule has 1 aromatic carbocycles. The molecular weight excluding hydrogens is 265 g/mol. The summed E-state index contributed by atoms with van der Waals surface area (Å²) in [6.07, 6.45) is 1.13. The Hall–Kier alpha value is -0.190. The summed E-state index contributed by atoms with van der Waals surface area (Å²) in [6, 6.07) is 5.33. The third-order valence-electron chi connectivity index (χ3n) is 3.43. The first kappa shape index (κ1) is 14.2. The predicted molar refractivity (Wildman–Crippen MR) is 80.8 cm³/mol. The molecule has 0 saturated carbocycles. The van der Waals surface area contributed by atoms with Gasteiger partial charge in [0.15, 0.2) is 0 Å². The molecule has 3 unspecified atom stereocenters. The van der Waals surface area contributed by atoms with Crippen molar-refractivity contribution in [3.8, 4) is 0 Å². The van der Waals surface area contributed by atoms with Gasteiger partial charge in [-0.1, -0.05) is 19.1 Å². The second kappa shape index (κ2) is 6.31. The van der Waals surface area contributed by atoms with Crippen LogP contribution >= 0.6 is 23.5 Å². The van der Waals surface area contributed by atoms with Crippen LogP contribution in [0.4, 0.5) is 4.39 Å². The van der Waals surface area contributed by atoms with E-state index in [2.05, 4.69) is 6.92 Å². The van der Waals surface area contributed by atoms with Gasteiger partial charge >= 0.3 is 0 Å². The Kier molecular flexibility index (Phi) is 4.98. The first-order chi connectivity index (χ1) is 8.63. The second-order valence-corrected chi connectivity index (χ2v) is 7.32. The molecule has 18 heavy (non-hydrogen) atoms. The van der Waals surface area contributed by atoms with Gasteiger partial charge < -0.3 is 5.73 Å². The third-order valence-corrected chi connectivity index (χ3v) is 6.80. The summed E-state index contributed by atoms with van der Waals surface area (Å²) in [6.45, 7) is 3.99. The van der Waals surface area contributed by atoms with Crippen molar-refractivity contribution in [2.75, 3.05) is 11.5 Å². The molecule has 100 valence electrons. The summed E-state index contributed by atoms with van der Waals surface area (Å²) in [5.41, 5.74) is 7.97. The van der Waals surface area contributed by atoms with E-state index in [0.717, 1.165) is 17.7 Å². The number of hydrogen-bond donors (Lipinski definition) is 1. The minimum absolute atomic E-state index is 0.0668. The highest BCUT2D eigenvalue weighted by Gasteiger charge is 2.31. The molecule has 4 heteroatoms. The molecule has 3 atom stereocenters. The van der Waals surface area contributed by atoms with E-state index in [4.69, 9.17) is 5.73 Å². The summed E-state index contributed by atoms with van der Waals surface area (Å²) >= 11 is 3.95. The normalized spacial score (nSPS) is 26.0. The zero-order valence-electron chi connectivity index (χ0n) is 10.9. The average Bonchev–Trinajstić information content (AvgIpc) is 2.41. The van der Waals surface area contributed by atoms with Crippen molar-refractivity contribution in [2.45, 2.75) is 36.8 Å². The minimum atomic E-state index is -0.149. The molecule has 2 rings (SSSR count).